The minimum absolute atomic E-state index is 0.271. The van der Waals surface area contributed by atoms with E-state index in [0.717, 1.165) is 65.8 Å². The van der Waals surface area contributed by atoms with Crippen LogP contribution in [0.15, 0.2) is 47.8 Å². The van der Waals surface area contributed by atoms with E-state index in [1.54, 1.807) is 13.2 Å². The number of ether oxygens (including phenoxy) is 1. The molecule has 8 nitrogen and oxygen atoms in total. The van der Waals surface area contributed by atoms with E-state index in [1.165, 1.54) is 49.0 Å². The molecule has 12 heteroatoms. The number of thiophene rings is 1. The molecule has 2 aliphatic rings. The third kappa shape index (κ3) is 5.83. The van der Waals surface area contributed by atoms with Gasteiger partial charge in [-0.1, -0.05) is 12.1 Å². The zero-order valence-corrected chi connectivity index (χ0v) is 25.1. The Balaban J connectivity index is 1.24. The number of alkyl halides is 3. The first kappa shape index (κ1) is 29.5. The van der Waals surface area contributed by atoms with Crippen LogP contribution in [0.4, 0.5) is 42.0 Å². The minimum Gasteiger partial charge on any atom is -0.495 e. The van der Waals surface area contributed by atoms with Gasteiger partial charge in [0.1, 0.15) is 16.4 Å². The fourth-order valence-corrected chi connectivity index (χ4v) is 6.67. The lowest BCUT2D eigenvalue weighted by molar-refractivity contribution is -0.258. The summed E-state index contributed by atoms with van der Waals surface area (Å²) in [6.45, 7) is 7.08. The second-order valence-electron chi connectivity index (χ2n) is 11.4. The van der Waals surface area contributed by atoms with Gasteiger partial charge in [-0.3, -0.25) is 0 Å². The van der Waals surface area contributed by atoms with Crippen LogP contribution in [0.1, 0.15) is 37.3 Å². The van der Waals surface area contributed by atoms with Crippen molar-refractivity contribution in [2.24, 2.45) is 0 Å². The number of anilines is 5. The molecule has 0 saturated carbocycles. The molecule has 0 spiro atoms. The molecule has 0 radical (unpaired) electrons. The first-order chi connectivity index (χ1) is 20.5. The number of aromatic nitrogens is 2. The summed E-state index contributed by atoms with van der Waals surface area (Å²) < 4.78 is 46.3. The fraction of sp³-hybridized carbons (Fsp3) is 0.419. The van der Waals surface area contributed by atoms with E-state index >= 15 is 0 Å². The van der Waals surface area contributed by atoms with Crippen LogP contribution in [0.5, 0.6) is 5.75 Å². The van der Waals surface area contributed by atoms with Crippen molar-refractivity contribution in [1.29, 1.82) is 0 Å². The van der Waals surface area contributed by atoms with Gasteiger partial charge in [-0.05, 0) is 87.0 Å². The Morgan fingerprint density at radius 3 is 2.42 bits per heavy atom. The van der Waals surface area contributed by atoms with E-state index in [2.05, 4.69) is 26.5 Å². The number of benzene rings is 2. The number of rotatable bonds is 8. The third-order valence-corrected chi connectivity index (χ3v) is 9.50. The fourth-order valence-electron chi connectivity index (χ4n) is 5.75. The van der Waals surface area contributed by atoms with E-state index in [4.69, 9.17) is 14.7 Å². The van der Waals surface area contributed by atoms with Crippen molar-refractivity contribution in [1.82, 2.24) is 14.9 Å². The second kappa shape index (κ2) is 11.5. The number of nitrogens with zero attached hydrogens (tertiary/aromatic N) is 4. The van der Waals surface area contributed by atoms with Crippen LogP contribution in [0.25, 0.3) is 10.2 Å². The number of halogens is 3. The third-order valence-electron chi connectivity index (χ3n) is 8.50. The van der Waals surface area contributed by atoms with Crippen LogP contribution >= 0.6 is 11.3 Å². The molecule has 2 aliphatic heterocycles. The van der Waals surface area contributed by atoms with Crippen molar-refractivity contribution < 1.29 is 23.0 Å². The van der Waals surface area contributed by atoms with E-state index < -0.39 is 11.8 Å². The summed E-state index contributed by atoms with van der Waals surface area (Å²) in [5.74, 6) is 1.54. The van der Waals surface area contributed by atoms with Crippen molar-refractivity contribution in [3.63, 3.8) is 0 Å². The maximum absolute atomic E-state index is 13.5. The zero-order valence-electron chi connectivity index (χ0n) is 24.3. The summed E-state index contributed by atoms with van der Waals surface area (Å²) in [7, 11) is 1.67. The predicted molar refractivity (Wildman–Crippen MR) is 165 cm³/mol. The molecular weight excluding hydrogens is 577 g/mol. The molecule has 3 N–H and O–H groups in total. The van der Waals surface area contributed by atoms with Crippen molar-refractivity contribution in [2.45, 2.75) is 50.9 Å². The van der Waals surface area contributed by atoms with Crippen molar-refractivity contribution in [2.75, 3.05) is 48.8 Å². The monoisotopic (exact) mass is 612 g/mol. The predicted octanol–water partition coefficient (Wildman–Crippen LogP) is 6.94. The number of fused-ring (bicyclic) bond motifs is 1. The molecule has 43 heavy (non-hydrogen) atoms. The topological polar surface area (TPSA) is 85.8 Å². The highest BCUT2D eigenvalue weighted by molar-refractivity contribution is 7.17. The molecule has 2 saturated heterocycles. The number of aliphatic hydroxyl groups is 1. The molecule has 4 aromatic rings. The Bertz CT molecular complexity index is 1610. The lowest BCUT2D eigenvalue weighted by atomic mass is 9.95. The Morgan fingerprint density at radius 2 is 1.74 bits per heavy atom. The van der Waals surface area contributed by atoms with Crippen LogP contribution in [-0.4, -0.2) is 65.5 Å². The first-order valence-corrected chi connectivity index (χ1v) is 15.3. The number of hydrogen-bond acceptors (Lipinski definition) is 9. The molecule has 2 aromatic carbocycles. The van der Waals surface area contributed by atoms with Gasteiger partial charge in [0, 0.05) is 36.6 Å². The van der Waals surface area contributed by atoms with E-state index in [9.17, 15) is 18.3 Å². The van der Waals surface area contributed by atoms with Gasteiger partial charge < -0.3 is 30.3 Å². The Hall–Kier alpha value is -3.61. The maximum atomic E-state index is 13.5. The minimum atomic E-state index is -4.82. The molecular formula is C31H35F3N6O2S. The smallest absolute Gasteiger partial charge is 0.421 e. The molecule has 0 bridgehead atoms. The molecule has 0 aliphatic carbocycles. The molecule has 2 aromatic heterocycles. The zero-order chi connectivity index (χ0) is 30.4. The average molecular weight is 613 g/mol. The van der Waals surface area contributed by atoms with Crippen LogP contribution in [-0.2, 0) is 5.60 Å². The molecule has 1 unspecified atom stereocenters. The highest BCUT2D eigenvalue weighted by Gasteiger charge is 2.51. The summed E-state index contributed by atoms with van der Waals surface area (Å²) in [5.41, 5.74) is -0.159. The lowest BCUT2D eigenvalue weighted by Gasteiger charge is -2.43. The van der Waals surface area contributed by atoms with Gasteiger partial charge in [0.2, 0.25) is 5.95 Å². The van der Waals surface area contributed by atoms with Gasteiger partial charge in [-0.25, -0.2) is 4.98 Å². The SMILES string of the molecule is COc1cc(Nc2nc(Nc3cccc(C(C)(O)C(F)(F)F)c3)c3c(C)csc3n2)ccc1N1CCC(N2CCC2)CC1. The van der Waals surface area contributed by atoms with E-state index in [-0.39, 0.29) is 5.56 Å². The summed E-state index contributed by atoms with van der Waals surface area (Å²) >= 11 is 1.46. The van der Waals surface area contributed by atoms with E-state index in [1.807, 2.05) is 24.4 Å². The molecule has 0 amide bonds. The molecule has 4 heterocycles. The van der Waals surface area contributed by atoms with Gasteiger partial charge >= 0.3 is 6.18 Å². The van der Waals surface area contributed by atoms with Gasteiger partial charge in [0.05, 0.1) is 18.2 Å². The van der Waals surface area contributed by atoms with Gasteiger partial charge in [-0.2, -0.15) is 18.2 Å². The average Bonchev–Trinajstić information content (AvgIpc) is 3.32. The van der Waals surface area contributed by atoms with Crippen molar-refractivity contribution in [3.05, 3.63) is 59.0 Å². The van der Waals surface area contributed by atoms with Crippen LogP contribution in [0.3, 0.4) is 0 Å². The standard InChI is InChI=1S/C31H35F3N6O2S/c1-19-18-43-28-26(19)27(35-21-7-4-6-20(16-21)30(2,41)31(32,33)34)37-29(38-28)36-22-8-9-24(25(17-22)42-3)40-14-10-23(11-15-40)39-12-5-13-39/h4,6-9,16-18,23,41H,5,10-15H2,1-3H3,(H2,35,36,37,38). The van der Waals surface area contributed by atoms with Crippen LogP contribution < -0.4 is 20.3 Å². The normalized spacial score (nSPS) is 17.9. The van der Waals surface area contributed by atoms with E-state index in [0.29, 0.717) is 23.5 Å². The largest absolute Gasteiger partial charge is 0.495 e. The van der Waals surface area contributed by atoms with Gasteiger partial charge in [0.25, 0.3) is 0 Å². The van der Waals surface area contributed by atoms with Crippen molar-refractivity contribution in [3.8, 4) is 5.75 Å². The molecule has 6 rings (SSSR count). The Kier molecular flexibility index (Phi) is 7.86. The van der Waals surface area contributed by atoms with Gasteiger partial charge in [0.15, 0.2) is 5.60 Å². The highest BCUT2D eigenvalue weighted by Crippen LogP contribution is 2.40. The first-order valence-electron chi connectivity index (χ1n) is 14.4. The molecule has 1 atom stereocenters. The van der Waals surface area contributed by atoms with Crippen molar-refractivity contribution >= 4 is 50.4 Å². The highest BCUT2D eigenvalue weighted by atomic mass is 32.1. The number of hydrogen-bond donors (Lipinski definition) is 3. The maximum Gasteiger partial charge on any atom is 0.421 e. The Morgan fingerprint density at radius 1 is 1.00 bits per heavy atom. The summed E-state index contributed by atoms with van der Waals surface area (Å²) in [5, 5.41) is 19.4. The summed E-state index contributed by atoms with van der Waals surface area (Å²) in [6.07, 6.45) is -1.23. The number of piperidine rings is 1. The number of nitrogens with one attached hydrogen (secondary N) is 2. The molecule has 228 valence electrons. The van der Waals surface area contributed by atoms with Crippen LogP contribution in [0, 0.1) is 6.92 Å². The number of methoxy groups -OCH3 is 1. The van der Waals surface area contributed by atoms with Crippen LogP contribution in [0.2, 0.25) is 0 Å². The summed E-state index contributed by atoms with van der Waals surface area (Å²) in [4.78, 5) is 15.1. The summed E-state index contributed by atoms with van der Waals surface area (Å²) in [6, 6.07) is 12.3. The molecule has 2 fully saturated rings. The van der Waals surface area contributed by atoms with Gasteiger partial charge in [-0.15, -0.1) is 11.3 Å². The Labute approximate surface area is 252 Å². The quantitative estimate of drug-likeness (QED) is 0.197. The number of aryl methyl sites for hydroxylation is 1. The second-order valence-corrected chi connectivity index (χ2v) is 12.2. The number of likely N-dealkylation sites (tertiary alicyclic amines) is 1. The lowest BCUT2D eigenvalue weighted by Crippen LogP contribution is -2.50.